The summed E-state index contributed by atoms with van der Waals surface area (Å²) in [7, 11) is 0. The van der Waals surface area contributed by atoms with Crippen LogP contribution in [0.5, 0.6) is 5.75 Å². The van der Waals surface area contributed by atoms with E-state index in [9.17, 15) is 14.4 Å². The van der Waals surface area contributed by atoms with Gasteiger partial charge in [0.05, 0.1) is 38.2 Å². The summed E-state index contributed by atoms with van der Waals surface area (Å²) in [5.41, 5.74) is 3.94. The predicted octanol–water partition coefficient (Wildman–Crippen LogP) is 5.62. The van der Waals surface area contributed by atoms with Crippen molar-refractivity contribution < 1.29 is 33.0 Å². The Labute approximate surface area is 308 Å². The first-order valence-corrected chi connectivity index (χ1v) is 17.8. The highest BCUT2D eigenvalue weighted by Gasteiger charge is 2.21. The van der Waals surface area contributed by atoms with Crippen LogP contribution in [0.2, 0.25) is 0 Å². The zero-order valence-electron chi connectivity index (χ0n) is 30.1. The van der Waals surface area contributed by atoms with Gasteiger partial charge in [-0.15, -0.1) is 0 Å². The van der Waals surface area contributed by atoms with Crippen molar-refractivity contribution in [1.82, 2.24) is 25.6 Å². The monoisotopic (exact) mass is 722 g/mol. The van der Waals surface area contributed by atoms with Gasteiger partial charge in [-0.25, -0.2) is 9.97 Å². The van der Waals surface area contributed by atoms with Crippen LogP contribution in [0.15, 0.2) is 95.8 Å². The number of aryl methyl sites for hydroxylation is 1. The number of oxazole rings is 1. The predicted molar refractivity (Wildman–Crippen MR) is 200 cm³/mol. The van der Waals surface area contributed by atoms with Gasteiger partial charge >= 0.3 is 0 Å². The maximum absolute atomic E-state index is 12.8. The summed E-state index contributed by atoms with van der Waals surface area (Å²) in [5.74, 6) is 0.496. The molecule has 5 rings (SSSR count). The number of hydrogen-bond acceptors (Lipinski definition) is 10. The Morgan fingerprint density at radius 3 is 2.43 bits per heavy atom. The summed E-state index contributed by atoms with van der Waals surface area (Å²) < 4.78 is 22.6. The van der Waals surface area contributed by atoms with Gasteiger partial charge in [0, 0.05) is 31.0 Å². The number of amides is 3. The number of ether oxygens (including phenoxy) is 3. The van der Waals surface area contributed by atoms with Crippen molar-refractivity contribution >= 4 is 34.5 Å². The van der Waals surface area contributed by atoms with Gasteiger partial charge < -0.3 is 34.6 Å². The third-order valence-corrected chi connectivity index (χ3v) is 8.01. The molecule has 278 valence electrons. The maximum atomic E-state index is 12.8. The Morgan fingerprint density at radius 2 is 1.68 bits per heavy atom. The number of hydrogen-bond donors (Lipinski definition) is 3. The van der Waals surface area contributed by atoms with Gasteiger partial charge in [0.1, 0.15) is 29.6 Å². The first-order chi connectivity index (χ1) is 25.8. The summed E-state index contributed by atoms with van der Waals surface area (Å²) in [6.07, 6.45) is 7.30. The minimum atomic E-state index is -0.583. The molecule has 0 fully saturated rings. The highest BCUT2D eigenvalue weighted by atomic mass is 16.5. The van der Waals surface area contributed by atoms with Crippen LogP contribution < -0.4 is 20.7 Å². The van der Waals surface area contributed by atoms with Crippen molar-refractivity contribution in [2.75, 3.05) is 44.9 Å². The molecule has 0 unspecified atom stereocenters. The number of benzene rings is 2. The number of nitrogens with one attached hydrogen (secondary N) is 3. The Bertz CT molecular complexity index is 1880. The molecule has 3 aromatic heterocycles. The van der Waals surface area contributed by atoms with Crippen molar-refractivity contribution in [3.8, 4) is 17.2 Å². The van der Waals surface area contributed by atoms with E-state index in [1.807, 2.05) is 56.3 Å². The van der Waals surface area contributed by atoms with E-state index >= 15 is 0 Å². The first kappa shape index (κ1) is 38.6. The van der Waals surface area contributed by atoms with Gasteiger partial charge in [-0.2, -0.15) is 0 Å². The van der Waals surface area contributed by atoms with Crippen LogP contribution in [0.25, 0.3) is 22.6 Å². The van der Waals surface area contributed by atoms with Crippen molar-refractivity contribution in [3.05, 3.63) is 103 Å². The molecule has 3 amide bonds. The standard InChI is InChI=1S/C40H46N6O7/c1-28(2)24-35(45-37(47)12-6-10-29-8-4-3-5-9-29)38(48)42-18-19-50-20-21-51-22-23-52-32-14-15-33(43-27-32)39(49)44-31-13-16-36-34(25-31)46-40(53-36)30-11-7-17-41-26-30/h3-5,7-9,11,13-17,25-28,35H,6,10,12,18-24H2,1-2H3,(H,42,48)(H,44,49)(H,45,47)/t35-/m0/s1. The van der Waals surface area contributed by atoms with E-state index in [-0.39, 0.29) is 35.9 Å². The quantitative estimate of drug-likeness (QED) is 0.0810. The number of rotatable bonds is 21. The molecule has 0 aliphatic carbocycles. The molecule has 1 atom stereocenters. The van der Waals surface area contributed by atoms with Gasteiger partial charge in [0.25, 0.3) is 5.91 Å². The summed E-state index contributed by atoms with van der Waals surface area (Å²) in [4.78, 5) is 50.9. The fraction of sp³-hybridized carbons (Fsp3) is 0.350. The van der Waals surface area contributed by atoms with Crippen LogP contribution in [0.1, 0.15) is 49.2 Å². The fourth-order valence-electron chi connectivity index (χ4n) is 5.39. The molecule has 2 aromatic carbocycles. The number of fused-ring (bicyclic) bond motifs is 1. The summed E-state index contributed by atoms with van der Waals surface area (Å²) in [6.45, 7) is 6.01. The Kier molecular flexibility index (Phi) is 14.8. The third kappa shape index (κ3) is 12.8. The van der Waals surface area contributed by atoms with Gasteiger partial charge in [-0.05, 0) is 73.2 Å². The van der Waals surface area contributed by atoms with E-state index in [0.29, 0.717) is 74.2 Å². The van der Waals surface area contributed by atoms with Crippen molar-refractivity contribution in [2.24, 2.45) is 5.92 Å². The molecule has 13 heteroatoms. The number of aromatic nitrogens is 3. The topological polar surface area (TPSA) is 167 Å². The van der Waals surface area contributed by atoms with Crippen LogP contribution in [0.4, 0.5) is 5.69 Å². The minimum Gasteiger partial charge on any atom is -0.490 e. The van der Waals surface area contributed by atoms with Crippen molar-refractivity contribution in [3.63, 3.8) is 0 Å². The SMILES string of the molecule is CC(C)C[C@H](NC(=O)CCCc1ccccc1)C(=O)NCCOCCOCCOc1ccc(C(=O)Nc2ccc3oc(-c4cccnc4)nc3c2)nc1. The molecule has 0 spiro atoms. The molecule has 0 aliphatic rings. The number of carbonyl (C=O) groups excluding carboxylic acids is 3. The lowest BCUT2D eigenvalue weighted by molar-refractivity contribution is -0.129. The first-order valence-electron chi connectivity index (χ1n) is 17.8. The second kappa shape index (κ2) is 20.4. The highest BCUT2D eigenvalue weighted by molar-refractivity contribution is 6.03. The third-order valence-electron chi connectivity index (χ3n) is 8.01. The normalized spacial score (nSPS) is 11.7. The molecule has 5 aromatic rings. The zero-order chi connectivity index (χ0) is 37.3. The molecule has 0 aliphatic heterocycles. The van der Waals surface area contributed by atoms with Crippen LogP contribution in [-0.2, 0) is 25.5 Å². The van der Waals surface area contributed by atoms with Gasteiger partial charge in [0.15, 0.2) is 5.58 Å². The second-order valence-corrected chi connectivity index (χ2v) is 12.7. The summed E-state index contributed by atoms with van der Waals surface area (Å²) in [6, 6.07) is 21.6. The Morgan fingerprint density at radius 1 is 0.868 bits per heavy atom. The van der Waals surface area contributed by atoms with Crippen molar-refractivity contribution in [2.45, 2.75) is 45.6 Å². The fourth-order valence-corrected chi connectivity index (χ4v) is 5.39. The van der Waals surface area contributed by atoms with E-state index in [4.69, 9.17) is 18.6 Å². The van der Waals surface area contributed by atoms with E-state index < -0.39 is 6.04 Å². The minimum absolute atomic E-state index is 0.120. The second-order valence-electron chi connectivity index (χ2n) is 12.7. The molecule has 13 nitrogen and oxygen atoms in total. The molecule has 53 heavy (non-hydrogen) atoms. The van der Waals surface area contributed by atoms with E-state index in [1.54, 1.807) is 42.7 Å². The molecule has 3 N–H and O–H groups in total. The van der Waals surface area contributed by atoms with Crippen LogP contribution in [0, 0.1) is 5.92 Å². The van der Waals surface area contributed by atoms with Crippen LogP contribution >= 0.6 is 0 Å². The lowest BCUT2D eigenvalue weighted by atomic mass is 10.0. The van der Waals surface area contributed by atoms with Gasteiger partial charge in [-0.1, -0.05) is 44.2 Å². The Balaban J connectivity index is 0.914. The van der Waals surface area contributed by atoms with Crippen molar-refractivity contribution in [1.29, 1.82) is 0 Å². The number of pyridine rings is 2. The summed E-state index contributed by atoms with van der Waals surface area (Å²) in [5, 5.41) is 8.60. The van der Waals surface area contributed by atoms with Crippen LogP contribution in [0.3, 0.4) is 0 Å². The van der Waals surface area contributed by atoms with E-state index in [1.165, 1.54) is 11.8 Å². The lowest BCUT2D eigenvalue weighted by Crippen LogP contribution is -2.48. The smallest absolute Gasteiger partial charge is 0.274 e. The van der Waals surface area contributed by atoms with Gasteiger partial charge in [0.2, 0.25) is 17.7 Å². The lowest BCUT2D eigenvalue weighted by Gasteiger charge is -2.20. The van der Waals surface area contributed by atoms with Gasteiger partial charge in [-0.3, -0.25) is 19.4 Å². The summed E-state index contributed by atoms with van der Waals surface area (Å²) >= 11 is 0. The molecule has 0 saturated carbocycles. The average molecular weight is 723 g/mol. The molecular formula is C40H46N6O7. The molecule has 0 bridgehead atoms. The number of carbonyl (C=O) groups is 3. The highest BCUT2D eigenvalue weighted by Crippen LogP contribution is 2.26. The van der Waals surface area contributed by atoms with E-state index in [0.717, 1.165) is 18.4 Å². The largest absolute Gasteiger partial charge is 0.490 e. The van der Waals surface area contributed by atoms with Crippen LogP contribution in [-0.4, -0.2) is 78.3 Å². The molecule has 0 saturated heterocycles. The number of anilines is 1. The maximum Gasteiger partial charge on any atom is 0.274 e. The molecular weight excluding hydrogens is 676 g/mol. The van der Waals surface area contributed by atoms with E-state index in [2.05, 4.69) is 30.9 Å². The molecule has 0 radical (unpaired) electrons. The average Bonchev–Trinajstić information content (AvgIpc) is 3.60. The Hall–Kier alpha value is -5.66. The molecule has 3 heterocycles. The zero-order valence-corrected chi connectivity index (χ0v) is 30.1. The number of nitrogens with zero attached hydrogens (tertiary/aromatic N) is 3.